The lowest BCUT2D eigenvalue weighted by atomic mass is 10.0. The van der Waals surface area contributed by atoms with Gasteiger partial charge in [0, 0.05) is 24.7 Å². The SMILES string of the molecule is CC(N)C(=O)NCC(c1ccc(Cl)cc1)N1CCOC(C)(C)C1. The number of halogens is 1. The van der Waals surface area contributed by atoms with Crippen molar-refractivity contribution in [3.8, 4) is 0 Å². The molecule has 0 radical (unpaired) electrons. The average molecular weight is 340 g/mol. The van der Waals surface area contributed by atoms with Crippen molar-refractivity contribution in [2.24, 2.45) is 5.73 Å². The largest absolute Gasteiger partial charge is 0.373 e. The Hall–Kier alpha value is -1.14. The molecule has 0 saturated carbocycles. The molecule has 3 N–H and O–H groups in total. The standard InChI is InChI=1S/C17H26ClN3O2/c1-12(19)16(22)20-10-15(13-4-6-14(18)7-5-13)21-8-9-23-17(2,3)11-21/h4-7,12,15H,8-11,19H2,1-3H3,(H,20,22). The molecule has 1 heterocycles. The molecule has 0 aliphatic carbocycles. The Bertz CT molecular complexity index is 531. The van der Waals surface area contributed by atoms with Gasteiger partial charge >= 0.3 is 0 Å². The van der Waals surface area contributed by atoms with Gasteiger partial charge in [-0.05, 0) is 38.5 Å². The Morgan fingerprint density at radius 2 is 2.09 bits per heavy atom. The van der Waals surface area contributed by atoms with E-state index in [1.807, 2.05) is 24.3 Å². The molecule has 0 spiro atoms. The van der Waals surface area contributed by atoms with E-state index in [1.54, 1.807) is 6.92 Å². The minimum absolute atomic E-state index is 0.0677. The molecule has 1 amide bonds. The van der Waals surface area contributed by atoms with E-state index in [0.29, 0.717) is 18.2 Å². The molecule has 0 bridgehead atoms. The maximum atomic E-state index is 11.8. The van der Waals surface area contributed by atoms with Crippen LogP contribution in [0.4, 0.5) is 0 Å². The summed E-state index contributed by atoms with van der Waals surface area (Å²) in [5.41, 5.74) is 6.56. The van der Waals surface area contributed by atoms with Crippen molar-refractivity contribution in [2.75, 3.05) is 26.2 Å². The van der Waals surface area contributed by atoms with E-state index >= 15 is 0 Å². The summed E-state index contributed by atoms with van der Waals surface area (Å²) in [5, 5.41) is 3.64. The highest BCUT2D eigenvalue weighted by atomic mass is 35.5. The second-order valence-electron chi connectivity index (χ2n) is 6.68. The molecule has 1 fully saturated rings. The van der Waals surface area contributed by atoms with Gasteiger partial charge in [0.2, 0.25) is 5.91 Å². The summed E-state index contributed by atoms with van der Waals surface area (Å²) in [4.78, 5) is 14.2. The number of amides is 1. The second-order valence-corrected chi connectivity index (χ2v) is 7.12. The number of carbonyl (C=O) groups is 1. The van der Waals surface area contributed by atoms with Crippen LogP contribution < -0.4 is 11.1 Å². The van der Waals surface area contributed by atoms with Crippen molar-refractivity contribution in [2.45, 2.75) is 38.5 Å². The molecule has 2 rings (SSSR count). The van der Waals surface area contributed by atoms with Crippen molar-refractivity contribution >= 4 is 17.5 Å². The third-order valence-corrected chi connectivity index (χ3v) is 4.29. The highest BCUT2D eigenvalue weighted by molar-refractivity contribution is 6.30. The van der Waals surface area contributed by atoms with Gasteiger partial charge in [-0.25, -0.2) is 0 Å². The average Bonchev–Trinajstić information content (AvgIpc) is 2.48. The van der Waals surface area contributed by atoms with Crippen molar-refractivity contribution in [3.63, 3.8) is 0 Å². The van der Waals surface area contributed by atoms with Crippen molar-refractivity contribution in [1.82, 2.24) is 10.2 Å². The van der Waals surface area contributed by atoms with Crippen LogP contribution >= 0.6 is 11.6 Å². The number of rotatable bonds is 5. The zero-order valence-corrected chi connectivity index (χ0v) is 14.8. The first kappa shape index (κ1) is 18.2. The van der Waals surface area contributed by atoms with Gasteiger partial charge in [-0.2, -0.15) is 0 Å². The van der Waals surface area contributed by atoms with Gasteiger partial charge in [-0.15, -0.1) is 0 Å². The summed E-state index contributed by atoms with van der Waals surface area (Å²) in [6.45, 7) is 8.66. The molecule has 1 aromatic carbocycles. The molecule has 5 nitrogen and oxygen atoms in total. The number of nitrogens with one attached hydrogen (secondary N) is 1. The first-order valence-corrected chi connectivity index (χ1v) is 8.33. The molecule has 1 saturated heterocycles. The number of morpholine rings is 1. The number of nitrogens with zero attached hydrogens (tertiary/aromatic N) is 1. The lowest BCUT2D eigenvalue weighted by Gasteiger charge is -2.42. The number of hydrogen-bond acceptors (Lipinski definition) is 4. The third-order valence-electron chi connectivity index (χ3n) is 4.03. The van der Waals surface area contributed by atoms with Crippen molar-refractivity contribution in [1.29, 1.82) is 0 Å². The normalized spacial score (nSPS) is 20.7. The summed E-state index contributed by atoms with van der Waals surface area (Å²) >= 11 is 6.00. The highest BCUT2D eigenvalue weighted by Crippen LogP contribution is 2.27. The molecule has 1 aliphatic rings. The van der Waals surface area contributed by atoms with Gasteiger partial charge in [-0.1, -0.05) is 23.7 Å². The maximum Gasteiger partial charge on any atom is 0.236 e. The van der Waals surface area contributed by atoms with Gasteiger partial charge in [0.1, 0.15) is 0 Å². The van der Waals surface area contributed by atoms with Crippen LogP contribution in [-0.2, 0) is 9.53 Å². The smallest absolute Gasteiger partial charge is 0.236 e. The summed E-state index contributed by atoms with van der Waals surface area (Å²) < 4.78 is 5.79. The molecule has 23 heavy (non-hydrogen) atoms. The van der Waals surface area contributed by atoms with E-state index in [-0.39, 0.29) is 17.6 Å². The molecule has 2 unspecified atom stereocenters. The molecular weight excluding hydrogens is 314 g/mol. The quantitative estimate of drug-likeness (QED) is 0.860. The number of ether oxygens (including phenoxy) is 1. The zero-order valence-electron chi connectivity index (χ0n) is 14.0. The molecule has 1 aliphatic heterocycles. The number of carbonyl (C=O) groups excluding carboxylic acids is 1. The first-order chi connectivity index (χ1) is 10.8. The summed E-state index contributed by atoms with van der Waals surface area (Å²) in [7, 11) is 0. The van der Waals surface area contributed by atoms with Crippen LogP contribution in [0.25, 0.3) is 0 Å². The molecular formula is C17H26ClN3O2. The highest BCUT2D eigenvalue weighted by Gasteiger charge is 2.32. The number of hydrogen-bond donors (Lipinski definition) is 2. The second kappa shape index (κ2) is 7.62. The Labute approximate surface area is 143 Å². The summed E-state index contributed by atoms with van der Waals surface area (Å²) in [6, 6.07) is 7.33. The van der Waals surface area contributed by atoms with Crippen LogP contribution in [0, 0.1) is 0 Å². The van der Waals surface area contributed by atoms with Crippen LogP contribution in [-0.4, -0.2) is 48.7 Å². The van der Waals surface area contributed by atoms with E-state index in [4.69, 9.17) is 22.1 Å². The van der Waals surface area contributed by atoms with Gasteiger partial charge in [0.05, 0.1) is 24.3 Å². The topological polar surface area (TPSA) is 67.6 Å². The first-order valence-electron chi connectivity index (χ1n) is 7.95. The minimum atomic E-state index is -0.512. The lowest BCUT2D eigenvalue weighted by molar-refractivity contribution is -0.123. The van der Waals surface area contributed by atoms with E-state index in [1.165, 1.54) is 0 Å². The van der Waals surface area contributed by atoms with Gasteiger partial charge in [0.25, 0.3) is 0 Å². The number of benzene rings is 1. The summed E-state index contributed by atoms with van der Waals surface area (Å²) in [6.07, 6.45) is 0. The zero-order chi connectivity index (χ0) is 17.0. The lowest BCUT2D eigenvalue weighted by Crippen LogP contribution is -2.52. The van der Waals surface area contributed by atoms with Crippen LogP contribution in [0.5, 0.6) is 0 Å². The van der Waals surface area contributed by atoms with Gasteiger partial charge in [0.15, 0.2) is 0 Å². The molecule has 128 valence electrons. The van der Waals surface area contributed by atoms with Gasteiger partial charge < -0.3 is 15.8 Å². The predicted molar refractivity (Wildman–Crippen MR) is 92.5 cm³/mol. The third kappa shape index (κ3) is 5.18. The van der Waals surface area contributed by atoms with E-state index in [9.17, 15) is 4.79 Å². The molecule has 1 aromatic rings. The van der Waals surface area contributed by atoms with Crippen LogP contribution in [0.2, 0.25) is 5.02 Å². The Kier molecular flexibility index (Phi) is 6.03. The monoisotopic (exact) mass is 339 g/mol. The van der Waals surface area contributed by atoms with Crippen molar-refractivity contribution in [3.05, 3.63) is 34.9 Å². The fourth-order valence-corrected chi connectivity index (χ4v) is 2.95. The molecule has 6 heteroatoms. The maximum absolute atomic E-state index is 11.8. The van der Waals surface area contributed by atoms with Crippen molar-refractivity contribution < 1.29 is 9.53 Å². The number of nitrogens with two attached hydrogens (primary N) is 1. The predicted octanol–water partition coefficient (Wildman–Crippen LogP) is 1.96. The van der Waals surface area contributed by atoms with Crippen LogP contribution in [0.3, 0.4) is 0 Å². The van der Waals surface area contributed by atoms with Gasteiger partial charge in [-0.3, -0.25) is 9.69 Å². The van der Waals surface area contributed by atoms with E-state index < -0.39 is 6.04 Å². The van der Waals surface area contributed by atoms with E-state index in [0.717, 1.165) is 18.7 Å². The Morgan fingerprint density at radius 3 is 2.65 bits per heavy atom. The fourth-order valence-electron chi connectivity index (χ4n) is 2.82. The molecule has 0 aromatic heterocycles. The summed E-state index contributed by atoms with van der Waals surface area (Å²) in [5.74, 6) is -0.142. The fraction of sp³-hybridized carbons (Fsp3) is 0.588. The molecule has 2 atom stereocenters. The Balaban J connectivity index is 2.16. The van der Waals surface area contributed by atoms with E-state index in [2.05, 4.69) is 24.1 Å². The minimum Gasteiger partial charge on any atom is -0.373 e. The Morgan fingerprint density at radius 1 is 1.43 bits per heavy atom. The van der Waals surface area contributed by atoms with Crippen LogP contribution in [0.15, 0.2) is 24.3 Å². The van der Waals surface area contributed by atoms with Crippen LogP contribution in [0.1, 0.15) is 32.4 Å².